The number of nitro groups is 1. The van der Waals surface area contributed by atoms with E-state index >= 15 is 0 Å². The Balaban J connectivity index is 0.00000289. The summed E-state index contributed by atoms with van der Waals surface area (Å²) in [4.78, 5) is 23.6. The zero-order valence-corrected chi connectivity index (χ0v) is 18.3. The van der Waals surface area contributed by atoms with Gasteiger partial charge in [0.1, 0.15) is 5.82 Å². The molecule has 1 fully saturated rings. The smallest absolute Gasteiger partial charge is 0.269 e. The number of piperidine rings is 1. The molecule has 0 unspecified atom stereocenters. The van der Waals surface area contributed by atoms with Gasteiger partial charge in [0, 0.05) is 23.7 Å². The Morgan fingerprint density at radius 1 is 1.22 bits per heavy atom. The van der Waals surface area contributed by atoms with Gasteiger partial charge in [0.2, 0.25) is 0 Å². The standard InChI is InChI=1S/C21H19ClFN5O3.ClH/c22-18-11-14(1-6-19(18)23)26-21(29)17-12-25-27(20(17)13-7-9-24-10-8-13)15-2-4-16(5-3-15)28(30)31;/h1-6,11-13,24H,7-10H2,(H,26,29);1H. The Labute approximate surface area is 194 Å². The van der Waals surface area contributed by atoms with Gasteiger partial charge in [-0.15, -0.1) is 12.4 Å². The Morgan fingerprint density at radius 2 is 1.91 bits per heavy atom. The fourth-order valence-corrected chi connectivity index (χ4v) is 3.90. The number of hydrogen-bond donors (Lipinski definition) is 2. The second-order valence-electron chi connectivity index (χ2n) is 7.24. The van der Waals surface area contributed by atoms with Crippen LogP contribution in [0, 0.1) is 15.9 Å². The second kappa shape index (κ2) is 10.1. The highest BCUT2D eigenvalue weighted by Crippen LogP contribution is 2.31. The van der Waals surface area contributed by atoms with E-state index in [9.17, 15) is 19.3 Å². The number of amides is 1. The SMILES string of the molecule is Cl.O=C(Nc1ccc(F)c(Cl)c1)c1cnn(-c2ccc([N+](=O)[O-])cc2)c1C1CCNCC1. The molecule has 2 heterocycles. The predicted molar refractivity (Wildman–Crippen MR) is 122 cm³/mol. The normalized spacial score (nSPS) is 13.9. The van der Waals surface area contributed by atoms with Gasteiger partial charge < -0.3 is 10.6 Å². The second-order valence-corrected chi connectivity index (χ2v) is 7.64. The van der Waals surface area contributed by atoms with Crippen molar-refractivity contribution in [2.75, 3.05) is 18.4 Å². The zero-order chi connectivity index (χ0) is 22.0. The van der Waals surface area contributed by atoms with E-state index in [1.807, 2.05) is 0 Å². The summed E-state index contributed by atoms with van der Waals surface area (Å²) in [7, 11) is 0. The fourth-order valence-electron chi connectivity index (χ4n) is 3.71. The quantitative estimate of drug-likeness (QED) is 0.407. The molecule has 32 heavy (non-hydrogen) atoms. The summed E-state index contributed by atoms with van der Waals surface area (Å²) < 4.78 is 15.1. The van der Waals surface area contributed by atoms with Gasteiger partial charge in [-0.3, -0.25) is 14.9 Å². The van der Waals surface area contributed by atoms with E-state index < -0.39 is 10.7 Å². The largest absolute Gasteiger partial charge is 0.322 e. The minimum Gasteiger partial charge on any atom is -0.322 e. The number of carbonyl (C=O) groups excluding carboxylic acids is 1. The summed E-state index contributed by atoms with van der Waals surface area (Å²) >= 11 is 5.82. The van der Waals surface area contributed by atoms with Crippen LogP contribution in [0.4, 0.5) is 15.8 Å². The minimum absolute atomic E-state index is 0. The maximum Gasteiger partial charge on any atom is 0.269 e. The molecule has 2 N–H and O–H groups in total. The van der Waals surface area contributed by atoms with Crippen LogP contribution in [0.25, 0.3) is 5.69 Å². The van der Waals surface area contributed by atoms with Gasteiger partial charge in [-0.1, -0.05) is 11.6 Å². The first-order chi connectivity index (χ1) is 14.9. The lowest BCUT2D eigenvalue weighted by Gasteiger charge is -2.24. The maximum absolute atomic E-state index is 13.4. The van der Waals surface area contributed by atoms with Crippen LogP contribution in [0.1, 0.15) is 34.8 Å². The third-order valence-electron chi connectivity index (χ3n) is 5.26. The highest BCUT2D eigenvalue weighted by molar-refractivity contribution is 6.31. The molecular weight excluding hydrogens is 460 g/mol. The summed E-state index contributed by atoms with van der Waals surface area (Å²) in [6.07, 6.45) is 3.13. The number of rotatable bonds is 5. The lowest BCUT2D eigenvalue weighted by atomic mass is 9.91. The van der Waals surface area contributed by atoms with Gasteiger partial charge in [0.15, 0.2) is 0 Å². The predicted octanol–water partition coefficient (Wildman–Crippen LogP) is 4.71. The number of halogens is 3. The summed E-state index contributed by atoms with van der Waals surface area (Å²) in [5.41, 5.74) is 2.11. The van der Waals surface area contributed by atoms with Crippen molar-refractivity contribution >= 4 is 41.3 Å². The number of nitrogens with one attached hydrogen (secondary N) is 2. The zero-order valence-electron chi connectivity index (χ0n) is 16.8. The molecule has 0 saturated carbocycles. The van der Waals surface area contributed by atoms with Crippen LogP contribution in [0.2, 0.25) is 5.02 Å². The minimum atomic E-state index is -0.568. The van der Waals surface area contributed by atoms with Crippen LogP contribution in [0.5, 0.6) is 0 Å². The molecule has 1 saturated heterocycles. The summed E-state index contributed by atoms with van der Waals surface area (Å²) in [5.74, 6) is -0.873. The van der Waals surface area contributed by atoms with Crippen molar-refractivity contribution in [3.63, 3.8) is 0 Å². The fraction of sp³-hybridized carbons (Fsp3) is 0.238. The number of carbonyl (C=O) groups is 1. The molecule has 11 heteroatoms. The summed E-state index contributed by atoms with van der Waals surface area (Å²) in [6, 6.07) is 10.00. The molecule has 1 aromatic heterocycles. The molecule has 0 spiro atoms. The van der Waals surface area contributed by atoms with Crippen LogP contribution < -0.4 is 10.6 Å². The van der Waals surface area contributed by atoms with E-state index in [2.05, 4.69) is 15.7 Å². The molecule has 4 rings (SSSR count). The number of hydrogen-bond acceptors (Lipinski definition) is 5. The van der Waals surface area contributed by atoms with Gasteiger partial charge >= 0.3 is 0 Å². The molecule has 8 nitrogen and oxygen atoms in total. The van der Waals surface area contributed by atoms with Crippen LogP contribution >= 0.6 is 24.0 Å². The number of aromatic nitrogens is 2. The topological polar surface area (TPSA) is 102 Å². The number of anilines is 1. The van der Waals surface area contributed by atoms with Crippen molar-refractivity contribution < 1.29 is 14.1 Å². The maximum atomic E-state index is 13.4. The Bertz CT molecular complexity index is 1130. The van der Waals surface area contributed by atoms with E-state index in [4.69, 9.17) is 11.6 Å². The third-order valence-corrected chi connectivity index (χ3v) is 5.55. The van der Waals surface area contributed by atoms with Crippen molar-refractivity contribution in [3.05, 3.63) is 80.9 Å². The highest BCUT2D eigenvalue weighted by Gasteiger charge is 2.27. The van der Waals surface area contributed by atoms with Gasteiger partial charge in [0.25, 0.3) is 11.6 Å². The molecule has 1 aliphatic heterocycles. The molecule has 3 aromatic rings. The molecule has 0 bridgehead atoms. The first-order valence-electron chi connectivity index (χ1n) is 9.74. The van der Waals surface area contributed by atoms with E-state index in [-0.39, 0.29) is 34.9 Å². The number of nitro benzene ring substituents is 1. The molecule has 0 aliphatic carbocycles. The number of nitrogens with zero attached hydrogens (tertiary/aromatic N) is 3. The molecular formula is C21H20Cl2FN5O3. The van der Waals surface area contributed by atoms with E-state index in [1.165, 1.54) is 36.5 Å². The average Bonchev–Trinajstić information content (AvgIpc) is 3.22. The third kappa shape index (κ3) is 4.90. The van der Waals surface area contributed by atoms with Crippen LogP contribution in [0.3, 0.4) is 0 Å². The van der Waals surface area contributed by atoms with Crippen LogP contribution in [-0.2, 0) is 0 Å². The molecule has 1 amide bonds. The van der Waals surface area contributed by atoms with Gasteiger partial charge in [-0.2, -0.15) is 5.10 Å². The van der Waals surface area contributed by atoms with Crippen molar-refractivity contribution in [2.24, 2.45) is 0 Å². The average molecular weight is 480 g/mol. The van der Waals surface area contributed by atoms with E-state index in [1.54, 1.807) is 16.8 Å². The summed E-state index contributed by atoms with van der Waals surface area (Å²) in [5, 5.41) is 21.3. The lowest BCUT2D eigenvalue weighted by molar-refractivity contribution is -0.384. The van der Waals surface area contributed by atoms with Crippen LogP contribution in [-0.4, -0.2) is 33.7 Å². The Morgan fingerprint density at radius 3 is 2.53 bits per heavy atom. The molecule has 0 radical (unpaired) electrons. The Kier molecular flexibility index (Phi) is 7.44. The molecule has 168 valence electrons. The number of non-ortho nitro benzene ring substituents is 1. The van der Waals surface area contributed by atoms with Gasteiger partial charge in [-0.25, -0.2) is 9.07 Å². The molecule has 0 atom stereocenters. The van der Waals surface area contributed by atoms with E-state index in [0.29, 0.717) is 16.9 Å². The first-order valence-corrected chi connectivity index (χ1v) is 10.1. The van der Waals surface area contributed by atoms with E-state index in [0.717, 1.165) is 31.6 Å². The van der Waals surface area contributed by atoms with Crippen molar-refractivity contribution in [3.8, 4) is 5.69 Å². The van der Waals surface area contributed by atoms with Crippen molar-refractivity contribution in [1.29, 1.82) is 0 Å². The van der Waals surface area contributed by atoms with Gasteiger partial charge in [-0.05, 0) is 56.3 Å². The van der Waals surface area contributed by atoms with Crippen molar-refractivity contribution in [1.82, 2.24) is 15.1 Å². The van der Waals surface area contributed by atoms with Crippen LogP contribution in [0.15, 0.2) is 48.7 Å². The first kappa shape index (κ1) is 23.6. The molecule has 2 aromatic carbocycles. The van der Waals surface area contributed by atoms with Crippen molar-refractivity contribution in [2.45, 2.75) is 18.8 Å². The summed E-state index contributed by atoms with van der Waals surface area (Å²) in [6.45, 7) is 1.62. The van der Waals surface area contributed by atoms with Gasteiger partial charge in [0.05, 0.1) is 33.1 Å². The Hall–Kier alpha value is -3.01. The highest BCUT2D eigenvalue weighted by atomic mass is 35.5. The monoisotopic (exact) mass is 479 g/mol. The lowest BCUT2D eigenvalue weighted by Crippen LogP contribution is -2.29. The number of benzene rings is 2. The molecule has 1 aliphatic rings.